The van der Waals surface area contributed by atoms with Gasteiger partial charge in [-0.05, 0) is 20.3 Å². The smallest absolute Gasteiger partial charge is 0.322 e. The van der Waals surface area contributed by atoms with Crippen molar-refractivity contribution in [3.05, 3.63) is 0 Å². The van der Waals surface area contributed by atoms with Crippen LogP contribution in [0.5, 0.6) is 0 Å². The van der Waals surface area contributed by atoms with E-state index in [4.69, 9.17) is 9.47 Å². The van der Waals surface area contributed by atoms with Gasteiger partial charge in [0.25, 0.3) is 0 Å². The molecule has 4 heteroatoms. The highest BCUT2D eigenvalue weighted by atomic mass is 16.5. The average molecular weight is 217 g/mol. The Morgan fingerprint density at radius 1 is 1.33 bits per heavy atom. The summed E-state index contributed by atoms with van der Waals surface area (Å²) in [6, 6.07) is -0.250. The van der Waals surface area contributed by atoms with Crippen LogP contribution < -0.4 is 5.32 Å². The Morgan fingerprint density at radius 2 is 2.07 bits per heavy atom. The normalized spacial score (nSPS) is 12.5. The zero-order valence-corrected chi connectivity index (χ0v) is 10.0. The summed E-state index contributed by atoms with van der Waals surface area (Å²) in [6.07, 6.45) is 2.24. The van der Waals surface area contributed by atoms with Crippen molar-refractivity contribution < 1.29 is 14.3 Å². The van der Waals surface area contributed by atoms with Crippen LogP contribution in [0.4, 0.5) is 0 Å². The summed E-state index contributed by atoms with van der Waals surface area (Å²) in [5.41, 5.74) is 0. The van der Waals surface area contributed by atoms with E-state index in [9.17, 15) is 4.79 Å². The fraction of sp³-hybridized carbons (Fsp3) is 0.909. The number of carbonyl (C=O) groups excluding carboxylic acids is 1. The number of rotatable bonds is 9. The molecule has 1 N–H and O–H groups in total. The van der Waals surface area contributed by atoms with Crippen LogP contribution in [0.15, 0.2) is 0 Å². The number of ether oxygens (including phenoxy) is 2. The summed E-state index contributed by atoms with van der Waals surface area (Å²) in [5.74, 6) is -0.203. The van der Waals surface area contributed by atoms with Gasteiger partial charge >= 0.3 is 5.97 Å². The van der Waals surface area contributed by atoms with Gasteiger partial charge in [0.1, 0.15) is 6.04 Å². The molecule has 0 aliphatic heterocycles. The SMILES string of the molecule is CCCCOCCNC(C)C(=O)OCC. The summed E-state index contributed by atoms with van der Waals surface area (Å²) in [6.45, 7) is 8.28. The molecule has 1 atom stereocenters. The molecule has 0 aromatic carbocycles. The van der Waals surface area contributed by atoms with E-state index in [-0.39, 0.29) is 12.0 Å². The standard InChI is InChI=1S/C11H23NO3/c1-4-6-8-14-9-7-12-10(3)11(13)15-5-2/h10,12H,4-9H2,1-3H3. The molecule has 15 heavy (non-hydrogen) atoms. The van der Waals surface area contributed by atoms with Crippen molar-refractivity contribution in [3.63, 3.8) is 0 Å². The van der Waals surface area contributed by atoms with Crippen molar-refractivity contribution in [2.75, 3.05) is 26.4 Å². The van der Waals surface area contributed by atoms with E-state index >= 15 is 0 Å². The number of hydrogen-bond donors (Lipinski definition) is 1. The highest BCUT2D eigenvalue weighted by Crippen LogP contribution is 1.89. The second-order valence-corrected chi connectivity index (χ2v) is 3.39. The van der Waals surface area contributed by atoms with Gasteiger partial charge in [0.15, 0.2) is 0 Å². The highest BCUT2D eigenvalue weighted by Gasteiger charge is 2.11. The second kappa shape index (κ2) is 9.93. The lowest BCUT2D eigenvalue weighted by Gasteiger charge is -2.12. The van der Waals surface area contributed by atoms with Crippen molar-refractivity contribution in [1.29, 1.82) is 0 Å². The largest absolute Gasteiger partial charge is 0.465 e. The lowest BCUT2D eigenvalue weighted by molar-refractivity contribution is -0.145. The van der Waals surface area contributed by atoms with E-state index in [1.165, 1.54) is 0 Å². The molecule has 0 aliphatic carbocycles. The number of unbranched alkanes of at least 4 members (excludes halogenated alkanes) is 1. The Balaban J connectivity index is 3.30. The number of esters is 1. The maximum atomic E-state index is 11.2. The minimum Gasteiger partial charge on any atom is -0.465 e. The maximum absolute atomic E-state index is 11.2. The monoisotopic (exact) mass is 217 g/mol. The summed E-state index contributed by atoms with van der Waals surface area (Å²) in [5, 5.41) is 3.04. The quantitative estimate of drug-likeness (QED) is 0.468. The van der Waals surface area contributed by atoms with Gasteiger partial charge in [0.2, 0.25) is 0 Å². The first-order chi connectivity index (χ1) is 7.22. The molecule has 0 aliphatic rings. The molecule has 0 saturated carbocycles. The molecular formula is C11H23NO3. The van der Waals surface area contributed by atoms with E-state index in [2.05, 4.69) is 12.2 Å². The molecule has 0 aromatic rings. The van der Waals surface area contributed by atoms with Crippen molar-refractivity contribution >= 4 is 5.97 Å². The molecule has 0 spiro atoms. The number of hydrogen-bond acceptors (Lipinski definition) is 4. The summed E-state index contributed by atoms with van der Waals surface area (Å²) in [7, 11) is 0. The first-order valence-corrected chi connectivity index (χ1v) is 5.70. The van der Waals surface area contributed by atoms with Crippen LogP contribution >= 0.6 is 0 Å². The van der Waals surface area contributed by atoms with Crippen LogP contribution in [0.25, 0.3) is 0 Å². The summed E-state index contributed by atoms with van der Waals surface area (Å²) < 4.78 is 10.2. The predicted octanol–water partition coefficient (Wildman–Crippen LogP) is 1.34. The lowest BCUT2D eigenvalue weighted by atomic mass is 10.3. The molecule has 0 aromatic heterocycles. The van der Waals surface area contributed by atoms with E-state index in [0.717, 1.165) is 19.4 Å². The van der Waals surface area contributed by atoms with Crippen LogP contribution in [0, 0.1) is 0 Å². The Kier molecular flexibility index (Phi) is 9.52. The first kappa shape index (κ1) is 14.4. The fourth-order valence-corrected chi connectivity index (χ4v) is 1.05. The van der Waals surface area contributed by atoms with Crippen LogP contribution in [0.2, 0.25) is 0 Å². The van der Waals surface area contributed by atoms with Gasteiger partial charge in [-0.25, -0.2) is 0 Å². The molecule has 0 saturated heterocycles. The van der Waals surface area contributed by atoms with Crippen LogP contribution in [-0.2, 0) is 14.3 Å². The molecule has 0 heterocycles. The van der Waals surface area contributed by atoms with Gasteiger partial charge < -0.3 is 14.8 Å². The van der Waals surface area contributed by atoms with Gasteiger partial charge in [-0.1, -0.05) is 13.3 Å². The van der Waals surface area contributed by atoms with Gasteiger partial charge in [-0.3, -0.25) is 4.79 Å². The molecular weight excluding hydrogens is 194 g/mol. The third-order valence-electron chi connectivity index (χ3n) is 1.98. The van der Waals surface area contributed by atoms with E-state index in [1.54, 1.807) is 13.8 Å². The topological polar surface area (TPSA) is 47.6 Å². The Morgan fingerprint density at radius 3 is 2.67 bits per heavy atom. The Labute approximate surface area is 92.3 Å². The molecule has 0 rings (SSSR count). The molecule has 4 nitrogen and oxygen atoms in total. The lowest BCUT2D eigenvalue weighted by Crippen LogP contribution is -2.37. The number of carbonyl (C=O) groups is 1. The molecule has 1 unspecified atom stereocenters. The van der Waals surface area contributed by atoms with E-state index < -0.39 is 0 Å². The second-order valence-electron chi connectivity index (χ2n) is 3.39. The molecule has 0 amide bonds. The van der Waals surface area contributed by atoms with Crippen molar-refractivity contribution in [1.82, 2.24) is 5.32 Å². The fourth-order valence-electron chi connectivity index (χ4n) is 1.05. The van der Waals surface area contributed by atoms with Crippen molar-refractivity contribution in [2.45, 2.75) is 39.7 Å². The average Bonchev–Trinajstić information content (AvgIpc) is 2.23. The molecule has 0 bridgehead atoms. The highest BCUT2D eigenvalue weighted by molar-refractivity contribution is 5.75. The van der Waals surface area contributed by atoms with Crippen molar-refractivity contribution in [3.8, 4) is 0 Å². The van der Waals surface area contributed by atoms with Crippen LogP contribution in [-0.4, -0.2) is 38.4 Å². The molecule has 0 fully saturated rings. The summed E-state index contributed by atoms with van der Waals surface area (Å²) >= 11 is 0. The van der Waals surface area contributed by atoms with Gasteiger partial charge in [0, 0.05) is 13.2 Å². The van der Waals surface area contributed by atoms with E-state index in [0.29, 0.717) is 19.8 Å². The van der Waals surface area contributed by atoms with Crippen molar-refractivity contribution in [2.24, 2.45) is 0 Å². The minimum atomic E-state index is -0.250. The number of nitrogens with one attached hydrogen (secondary N) is 1. The third-order valence-corrected chi connectivity index (χ3v) is 1.98. The predicted molar refractivity (Wildman–Crippen MR) is 59.8 cm³/mol. The molecule has 0 radical (unpaired) electrons. The maximum Gasteiger partial charge on any atom is 0.322 e. The van der Waals surface area contributed by atoms with Gasteiger partial charge in [-0.15, -0.1) is 0 Å². The van der Waals surface area contributed by atoms with Gasteiger partial charge in [-0.2, -0.15) is 0 Å². The zero-order chi connectivity index (χ0) is 11.5. The van der Waals surface area contributed by atoms with Gasteiger partial charge in [0.05, 0.1) is 13.2 Å². The Bertz CT molecular complexity index is 162. The minimum absolute atomic E-state index is 0.203. The summed E-state index contributed by atoms with van der Waals surface area (Å²) in [4.78, 5) is 11.2. The first-order valence-electron chi connectivity index (χ1n) is 5.70. The van der Waals surface area contributed by atoms with E-state index in [1.807, 2.05) is 0 Å². The molecule has 90 valence electrons. The third kappa shape index (κ3) is 8.39. The Hall–Kier alpha value is -0.610. The van der Waals surface area contributed by atoms with Crippen LogP contribution in [0.1, 0.15) is 33.6 Å². The zero-order valence-electron chi connectivity index (χ0n) is 10.0. The van der Waals surface area contributed by atoms with Crippen LogP contribution in [0.3, 0.4) is 0 Å².